The van der Waals surface area contributed by atoms with Crippen molar-refractivity contribution in [1.82, 2.24) is 19.4 Å². The summed E-state index contributed by atoms with van der Waals surface area (Å²) in [6.07, 6.45) is 0. The van der Waals surface area contributed by atoms with Gasteiger partial charge in [-0.05, 0) is 0 Å². The summed E-state index contributed by atoms with van der Waals surface area (Å²) in [6.45, 7) is 17.1. The Morgan fingerprint density at radius 2 is 1.31 bits per heavy atom. The summed E-state index contributed by atoms with van der Waals surface area (Å²) in [5, 5.41) is 0. The van der Waals surface area contributed by atoms with Crippen LogP contribution in [0.5, 0.6) is 0 Å². The summed E-state index contributed by atoms with van der Waals surface area (Å²) < 4.78 is 65.3. The van der Waals surface area contributed by atoms with Gasteiger partial charge in [-0.15, -0.1) is 0 Å². The Labute approximate surface area is 204 Å². The van der Waals surface area contributed by atoms with Gasteiger partial charge in [-0.3, -0.25) is 0 Å². The topological polar surface area (TPSA) is 105 Å². The lowest BCUT2D eigenvalue weighted by molar-refractivity contribution is -0.0517. The van der Waals surface area contributed by atoms with E-state index < -0.39 is 15.6 Å². The smallest absolute Gasteiger partial charge is 0.485 e. The highest BCUT2D eigenvalue weighted by Gasteiger charge is 2.39. The molecule has 2 heterocycles. The van der Waals surface area contributed by atoms with Gasteiger partial charge in [-0.1, -0.05) is 71.9 Å². The molecule has 0 aliphatic carbocycles. The van der Waals surface area contributed by atoms with Crippen molar-refractivity contribution in [3.63, 3.8) is 0 Å². The van der Waals surface area contributed by atoms with Crippen molar-refractivity contribution in [2.45, 2.75) is 64.4 Å². The highest BCUT2D eigenvalue weighted by molar-refractivity contribution is 7.86. The maximum atomic E-state index is 10.7. The van der Waals surface area contributed by atoms with E-state index in [0.717, 1.165) is 54.9 Å². The van der Waals surface area contributed by atoms with Crippen LogP contribution in [0, 0.1) is 0 Å². The number of hydrogen-bond acceptors (Lipinski definition) is 7. The van der Waals surface area contributed by atoms with E-state index in [1.165, 1.54) is 5.56 Å². The first kappa shape index (κ1) is 29.1. The van der Waals surface area contributed by atoms with E-state index in [1.54, 1.807) is 0 Å². The summed E-state index contributed by atoms with van der Waals surface area (Å²) in [7, 11) is -6.09. The Morgan fingerprint density at radius 1 is 0.886 bits per heavy atom. The number of aromatic nitrogens is 3. The van der Waals surface area contributed by atoms with Crippen molar-refractivity contribution >= 4 is 16.1 Å². The number of alkyl halides is 3. The molecule has 1 aromatic carbocycles. The highest BCUT2D eigenvalue weighted by atomic mass is 32.2. The van der Waals surface area contributed by atoms with Crippen LogP contribution in [0.2, 0.25) is 0 Å². The molecule has 0 spiro atoms. The Hall–Kier alpha value is -2.15. The second-order valence-corrected chi connectivity index (χ2v) is 11.9. The predicted octanol–water partition coefficient (Wildman–Crippen LogP) is 4.06. The van der Waals surface area contributed by atoms with Gasteiger partial charge in [0.05, 0.1) is 13.2 Å². The van der Waals surface area contributed by atoms with Gasteiger partial charge in [-0.25, -0.2) is 17.9 Å². The van der Waals surface area contributed by atoms with Crippen molar-refractivity contribution in [2.75, 3.05) is 26.3 Å². The molecule has 1 aliphatic heterocycles. The van der Waals surface area contributed by atoms with Crippen molar-refractivity contribution < 1.29 is 30.9 Å². The quantitative estimate of drug-likeness (QED) is 0.343. The molecule has 1 aliphatic rings. The standard InChI is InChI=1S/C22H33N4O.CHF3O3S/c1-21(2,3)18-23-19(22(4,5)6)25-20(24-18)26(12-14-27-15-13-26)16-17-10-8-7-9-11-17;2-1(3,4)8(5,6)7/h7-11H,12-16H2,1-6H3;(H,5,6,7)/q+1;/p-1. The maximum absolute atomic E-state index is 10.7. The molecule has 35 heavy (non-hydrogen) atoms. The molecule has 2 aromatic rings. The van der Waals surface area contributed by atoms with Crippen LogP contribution in [0.4, 0.5) is 19.1 Å². The molecule has 0 amide bonds. The molecular formula is C23H33F3N4O4S. The van der Waals surface area contributed by atoms with E-state index in [2.05, 4.69) is 71.9 Å². The Bertz CT molecular complexity index is 1060. The minimum absolute atomic E-state index is 0.124. The molecule has 0 radical (unpaired) electrons. The van der Waals surface area contributed by atoms with Crippen LogP contribution in [0.25, 0.3) is 0 Å². The summed E-state index contributed by atoms with van der Waals surface area (Å²) in [6, 6.07) is 10.6. The first-order chi connectivity index (χ1) is 15.9. The molecule has 0 bridgehead atoms. The van der Waals surface area contributed by atoms with E-state index >= 15 is 0 Å². The fourth-order valence-electron chi connectivity index (χ4n) is 3.30. The molecule has 1 saturated heterocycles. The molecule has 3 rings (SSSR count). The fraction of sp³-hybridized carbons (Fsp3) is 0.609. The molecular weight excluding hydrogens is 485 g/mol. The van der Waals surface area contributed by atoms with Gasteiger partial charge in [0.2, 0.25) is 0 Å². The van der Waals surface area contributed by atoms with Crippen molar-refractivity contribution in [1.29, 1.82) is 0 Å². The lowest BCUT2D eigenvalue weighted by Gasteiger charge is -2.39. The Balaban J connectivity index is 0.000000466. The van der Waals surface area contributed by atoms with Crippen molar-refractivity contribution in [2.24, 2.45) is 0 Å². The van der Waals surface area contributed by atoms with Gasteiger partial charge in [-0.2, -0.15) is 23.1 Å². The number of ether oxygens (including phenoxy) is 1. The largest absolute Gasteiger partial charge is 0.741 e. The first-order valence-corrected chi connectivity index (χ1v) is 12.5. The number of quaternary nitrogens is 1. The van der Waals surface area contributed by atoms with Crippen LogP contribution in [0.1, 0.15) is 58.8 Å². The van der Waals surface area contributed by atoms with Gasteiger partial charge in [0.15, 0.2) is 10.1 Å². The molecule has 0 atom stereocenters. The molecule has 196 valence electrons. The van der Waals surface area contributed by atoms with E-state index in [4.69, 9.17) is 32.7 Å². The monoisotopic (exact) mass is 518 g/mol. The normalized spacial score (nSPS) is 16.9. The third-order valence-electron chi connectivity index (χ3n) is 5.33. The first-order valence-electron chi connectivity index (χ1n) is 11.1. The van der Waals surface area contributed by atoms with Crippen LogP contribution in [0.3, 0.4) is 0 Å². The maximum Gasteiger partial charge on any atom is 0.485 e. The van der Waals surface area contributed by atoms with Crippen LogP contribution < -0.4 is 4.48 Å². The number of halogens is 3. The predicted molar refractivity (Wildman–Crippen MR) is 125 cm³/mol. The molecule has 1 fully saturated rings. The lowest BCUT2D eigenvalue weighted by atomic mass is 9.93. The zero-order valence-corrected chi connectivity index (χ0v) is 21.7. The van der Waals surface area contributed by atoms with Gasteiger partial charge in [0, 0.05) is 16.4 Å². The Morgan fingerprint density at radius 3 is 1.69 bits per heavy atom. The number of morpholine rings is 1. The summed E-state index contributed by atoms with van der Waals surface area (Å²) in [5.41, 5.74) is -4.59. The average Bonchev–Trinajstić information content (AvgIpc) is 2.72. The van der Waals surface area contributed by atoms with E-state index in [-0.39, 0.29) is 10.8 Å². The molecule has 8 nitrogen and oxygen atoms in total. The second-order valence-electron chi connectivity index (χ2n) is 10.5. The number of nitrogens with zero attached hydrogens (tertiary/aromatic N) is 4. The van der Waals surface area contributed by atoms with Crippen LogP contribution in [-0.4, -0.2) is 59.7 Å². The minimum atomic E-state index is -6.09. The third-order valence-corrected chi connectivity index (χ3v) is 5.90. The zero-order chi connectivity index (χ0) is 26.7. The van der Waals surface area contributed by atoms with Gasteiger partial charge in [0.1, 0.15) is 31.3 Å². The molecule has 1 aromatic heterocycles. The SMILES string of the molecule is CC(C)(C)c1nc(C(C)(C)C)nc([N+]2(Cc3ccccc3)CCOCC2)n1.O=S(=O)([O-])C(F)(F)F. The summed E-state index contributed by atoms with van der Waals surface area (Å²) in [4.78, 5) is 14.9. The van der Waals surface area contributed by atoms with Crippen molar-refractivity contribution in [3.05, 3.63) is 47.5 Å². The molecule has 0 saturated carbocycles. The summed E-state index contributed by atoms with van der Waals surface area (Å²) >= 11 is 0. The van der Waals surface area contributed by atoms with Gasteiger partial charge >= 0.3 is 11.5 Å². The number of rotatable bonds is 3. The zero-order valence-electron chi connectivity index (χ0n) is 20.9. The third kappa shape index (κ3) is 7.92. The van der Waals surface area contributed by atoms with Crippen LogP contribution in [0.15, 0.2) is 30.3 Å². The number of benzene rings is 1. The van der Waals surface area contributed by atoms with Crippen LogP contribution in [-0.2, 0) is 32.2 Å². The minimum Gasteiger partial charge on any atom is -0.741 e. The molecule has 0 unspecified atom stereocenters. The van der Waals surface area contributed by atoms with Gasteiger partial charge in [0.25, 0.3) is 0 Å². The molecule has 0 N–H and O–H groups in total. The lowest BCUT2D eigenvalue weighted by Crippen LogP contribution is -2.57. The fourth-order valence-corrected chi connectivity index (χ4v) is 3.30. The Kier molecular flexibility index (Phi) is 8.69. The second kappa shape index (κ2) is 10.5. The average molecular weight is 519 g/mol. The highest BCUT2D eigenvalue weighted by Crippen LogP contribution is 2.30. The number of hydrogen-bond donors (Lipinski definition) is 0. The summed E-state index contributed by atoms with van der Waals surface area (Å²) in [5.74, 6) is 2.62. The van der Waals surface area contributed by atoms with E-state index in [1.807, 2.05) is 0 Å². The van der Waals surface area contributed by atoms with Gasteiger partial charge < -0.3 is 9.29 Å². The van der Waals surface area contributed by atoms with Crippen LogP contribution >= 0.6 is 0 Å². The van der Waals surface area contributed by atoms with Crippen molar-refractivity contribution in [3.8, 4) is 0 Å². The van der Waals surface area contributed by atoms with E-state index in [9.17, 15) is 13.2 Å². The van der Waals surface area contributed by atoms with E-state index in [0.29, 0.717) is 0 Å². The molecule has 12 heteroatoms.